The van der Waals surface area contributed by atoms with Crippen molar-refractivity contribution in [1.82, 2.24) is 19.6 Å². The van der Waals surface area contributed by atoms with Crippen molar-refractivity contribution in [3.8, 4) is 12.1 Å². The van der Waals surface area contributed by atoms with E-state index in [0.717, 1.165) is 57.7 Å². The van der Waals surface area contributed by atoms with E-state index in [4.69, 9.17) is 45.6 Å². The minimum absolute atomic E-state index is 0.00994. The summed E-state index contributed by atoms with van der Waals surface area (Å²) < 4.78 is 36.8. The molecule has 3 aromatic rings. The summed E-state index contributed by atoms with van der Waals surface area (Å²) in [7, 11) is 0. The normalized spacial score (nSPS) is 27.8. The number of nitrogens with two attached hydrogens (primary N) is 3. The molecule has 15 atom stereocenters. The molecule has 0 spiro atoms. The molecule has 2 aliphatic carbocycles. The molecule has 0 radical (unpaired) electrons. The van der Waals surface area contributed by atoms with Crippen LogP contribution in [-0.2, 0) is 68.4 Å². The third-order valence-electron chi connectivity index (χ3n) is 18.2. The van der Waals surface area contributed by atoms with Gasteiger partial charge in [0, 0.05) is 18.8 Å². The second-order valence-corrected chi connectivity index (χ2v) is 25.5. The van der Waals surface area contributed by atoms with Crippen molar-refractivity contribution in [2.45, 2.75) is 199 Å². The molecule has 26 nitrogen and oxygen atoms in total. The van der Waals surface area contributed by atoms with Gasteiger partial charge in [0.15, 0.2) is 24.4 Å². The predicted octanol–water partition coefficient (Wildman–Crippen LogP) is 2.99. The molecular formula is C62H89N12O14+. The number of anilines is 1. The van der Waals surface area contributed by atoms with Crippen LogP contribution in [0.2, 0.25) is 0 Å². The fraction of sp³-hybridized carbons (Fsp3) is 0.677. The number of aliphatic imine (C=N–C) groups is 1. The highest BCUT2D eigenvalue weighted by molar-refractivity contribution is 5.99. The number of carbonyl (C=O) groups is 6. The lowest BCUT2D eigenvalue weighted by Gasteiger charge is -2.31. The number of rotatable bonds is 24. The molecule has 26 heteroatoms. The van der Waals surface area contributed by atoms with Crippen LogP contribution >= 0.6 is 0 Å². The summed E-state index contributed by atoms with van der Waals surface area (Å²) in [5, 5.41) is 52.7. The molecule has 0 aromatic carbocycles. The van der Waals surface area contributed by atoms with E-state index < -0.39 is 115 Å². The van der Waals surface area contributed by atoms with Gasteiger partial charge in [0.05, 0.1) is 17.3 Å². The van der Waals surface area contributed by atoms with Crippen LogP contribution in [0.15, 0.2) is 35.6 Å². The van der Waals surface area contributed by atoms with Crippen molar-refractivity contribution in [3.63, 3.8) is 0 Å². The van der Waals surface area contributed by atoms with Gasteiger partial charge in [-0.1, -0.05) is 99.4 Å². The zero-order valence-electron chi connectivity index (χ0n) is 51.9. The fourth-order valence-corrected chi connectivity index (χ4v) is 12.0. The highest BCUT2D eigenvalue weighted by atomic mass is 16.6. The molecule has 88 heavy (non-hydrogen) atoms. The zero-order valence-corrected chi connectivity index (χ0v) is 51.9. The van der Waals surface area contributed by atoms with Gasteiger partial charge in [-0.2, -0.15) is 15.6 Å². The summed E-state index contributed by atoms with van der Waals surface area (Å²) in [4.78, 5) is 94.7. The van der Waals surface area contributed by atoms with Gasteiger partial charge in [0.2, 0.25) is 17.1 Å². The second kappa shape index (κ2) is 29.9. The molecule has 4 fully saturated rings. The molecule has 3 aromatic heterocycles. The molecule has 11 N–H and O–H groups in total. The van der Waals surface area contributed by atoms with Crippen molar-refractivity contribution in [3.05, 3.63) is 47.7 Å². The number of amides is 2. The number of amidine groups is 1. The molecule has 3 unspecified atom stereocenters. The summed E-state index contributed by atoms with van der Waals surface area (Å²) in [6, 6.07) is 7.96. The van der Waals surface area contributed by atoms with Crippen molar-refractivity contribution in [2.24, 2.45) is 75.5 Å². The maximum absolute atomic E-state index is 14.1. The number of carbonyl (C=O) groups excluding carboxylic acids is 6. The van der Waals surface area contributed by atoms with Gasteiger partial charge >= 0.3 is 29.8 Å². The number of H-pyrrole nitrogens is 1. The summed E-state index contributed by atoms with van der Waals surface area (Å²) in [5.74, 6) is -4.92. The number of nitrogens with zero attached hydrogens (tertiary/aromatic N) is 6. The second-order valence-electron chi connectivity index (χ2n) is 25.5. The van der Waals surface area contributed by atoms with Crippen molar-refractivity contribution in [2.75, 3.05) is 18.5 Å². The Balaban J connectivity index is 0.983. The third kappa shape index (κ3) is 15.4. The summed E-state index contributed by atoms with van der Waals surface area (Å²) in [6.45, 7) is 15.3. The van der Waals surface area contributed by atoms with Crippen LogP contribution in [0.1, 0.15) is 156 Å². The number of aliphatic hydroxyl groups is 2. The fourth-order valence-electron chi connectivity index (χ4n) is 12.0. The largest absolute Gasteiger partial charge is 0.463 e. The van der Waals surface area contributed by atoms with Crippen LogP contribution in [0, 0.1) is 75.9 Å². The average molecular weight is 1230 g/mol. The molecular weight excluding hydrogens is 1140 g/mol. The molecule has 5 heterocycles. The van der Waals surface area contributed by atoms with Crippen molar-refractivity contribution < 1.29 is 72.4 Å². The van der Waals surface area contributed by atoms with Gasteiger partial charge in [0.1, 0.15) is 79.4 Å². The zero-order chi connectivity index (χ0) is 64.4. The molecule has 2 amide bonds. The number of fused-ring (bicyclic) bond motifs is 1. The van der Waals surface area contributed by atoms with Gasteiger partial charge in [-0.25, -0.2) is 14.5 Å². The van der Waals surface area contributed by atoms with E-state index in [1.54, 1.807) is 47.6 Å². The predicted molar refractivity (Wildman–Crippen MR) is 317 cm³/mol. The first-order valence-electron chi connectivity index (χ1n) is 30.8. The quantitative estimate of drug-likeness (QED) is 0.0276. The lowest BCUT2D eigenvalue weighted by Crippen LogP contribution is -2.76. The van der Waals surface area contributed by atoms with E-state index in [1.807, 2.05) is 26.8 Å². The van der Waals surface area contributed by atoms with Gasteiger partial charge in [0.25, 0.3) is 5.84 Å². The SMILES string of the molecule is CC(C)[C@H](C)C(=O)N=C([NH+]=CN)c1ccc([C@]2(C#N)O[C@H](COC(=O)CC3CCCC(CC(C)[C@@H](C)C(=O)Nc4ncnn5c([C@]6(C#N)O[C@H](COC(=O)CC7CCCCC7)[C@@H](OC(=O)[C@@H](N)C(C)C)[C@H]6O)ccc45)C3)[C@@H](OC(=O)[C@@H](N)C(C)C)[C@H]2O)[nH]1. The van der Waals surface area contributed by atoms with Crippen LogP contribution in [0.5, 0.6) is 0 Å². The van der Waals surface area contributed by atoms with Gasteiger partial charge in [-0.15, -0.1) is 0 Å². The molecule has 4 aliphatic rings. The minimum atomic E-state index is -2.21. The highest BCUT2D eigenvalue weighted by Gasteiger charge is 2.61. The number of aromatic amines is 1. The van der Waals surface area contributed by atoms with E-state index in [2.05, 4.69) is 36.4 Å². The van der Waals surface area contributed by atoms with E-state index in [-0.39, 0.29) is 94.4 Å². The Hall–Kier alpha value is -7.20. The van der Waals surface area contributed by atoms with Crippen LogP contribution in [0.3, 0.4) is 0 Å². The molecule has 2 saturated carbocycles. The molecule has 0 bridgehead atoms. The lowest BCUT2D eigenvalue weighted by atomic mass is 9.74. The first kappa shape index (κ1) is 68.3. The highest BCUT2D eigenvalue weighted by Crippen LogP contribution is 2.44. The minimum Gasteiger partial charge on any atom is -0.463 e. The monoisotopic (exact) mass is 1230 g/mol. The van der Waals surface area contributed by atoms with Crippen LogP contribution < -0.4 is 27.5 Å². The standard InChI is InChI=1S/C62H88N12O14/c1-32(2)36(8)57(79)72-55(68-30-65)41-18-20-45(71-41)61(28-63)53(77)51(85-59(81)49(66)33(3)4)43(87-61)26-84-48(76)25-40-17-13-16-39(23-40)22-35(7)37(9)58(80)73-56-42-19-21-46(74(42)70-31-69-56)62(29-64)54(78)52(86-60(82)50(67)34(5)6)44(88-62)27-83-47(75)24-38-14-11-10-12-15-38/h18-21,30-40,43-44,49-54,71,77-78H,10-17,22-27,66-67H2,1-9H3,(H2,65,68,72,79)(H,69,70,73,80)/p+1/t35?,36-,37+,39?,40?,43+,44+,49-,50-,51+,52+,53+,54+,61-,62-/m0/s1. The van der Waals surface area contributed by atoms with Crippen molar-refractivity contribution in [1.29, 1.82) is 10.5 Å². The van der Waals surface area contributed by atoms with Crippen LogP contribution in [0.4, 0.5) is 5.82 Å². The number of nitrogens with one attached hydrogen (secondary N) is 3. The summed E-state index contributed by atoms with van der Waals surface area (Å²) >= 11 is 0. The Morgan fingerprint density at radius 1 is 0.773 bits per heavy atom. The number of aromatic nitrogens is 4. The first-order chi connectivity index (χ1) is 41.8. The van der Waals surface area contributed by atoms with Crippen LogP contribution in [0.25, 0.3) is 5.52 Å². The van der Waals surface area contributed by atoms with E-state index in [0.29, 0.717) is 12.8 Å². The van der Waals surface area contributed by atoms with Gasteiger partial charge < -0.3 is 66.1 Å². The molecule has 480 valence electrons. The number of aliphatic hydroxyl groups excluding tert-OH is 2. The van der Waals surface area contributed by atoms with Gasteiger partial charge in [-0.3, -0.25) is 28.8 Å². The van der Waals surface area contributed by atoms with E-state index in [9.17, 15) is 49.5 Å². The third-order valence-corrected chi connectivity index (χ3v) is 18.2. The Morgan fingerprint density at radius 2 is 1.33 bits per heavy atom. The Labute approximate surface area is 513 Å². The smallest absolute Gasteiger partial charge is 0.323 e. The number of nitriles is 2. The summed E-state index contributed by atoms with van der Waals surface area (Å²) in [6.07, 6.45) is 2.02. The number of ether oxygens (including phenoxy) is 6. The maximum atomic E-state index is 14.1. The van der Waals surface area contributed by atoms with E-state index in [1.165, 1.54) is 29.0 Å². The Morgan fingerprint density at radius 3 is 1.90 bits per heavy atom. The van der Waals surface area contributed by atoms with Crippen molar-refractivity contribution >= 4 is 59.2 Å². The Kier molecular flexibility index (Phi) is 23.2. The maximum Gasteiger partial charge on any atom is 0.323 e. The van der Waals surface area contributed by atoms with Crippen LogP contribution in [-0.4, -0.2) is 140 Å². The number of hydrogen-bond donors (Lipinski definition) is 8. The van der Waals surface area contributed by atoms with E-state index >= 15 is 0 Å². The average Bonchev–Trinajstić information content (AvgIpc) is 1.92. The van der Waals surface area contributed by atoms with Gasteiger partial charge in [-0.05, 0) is 97.8 Å². The topological polar surface area (TPSA) is 408 Å². The number of esters is 4. The molecule has 2 saturated heterocycles. The lowest BCUT2D eigenvalue weighted by molar-refractivity contribution is -0.309. The molecule has 7 rings (SSSR count). The first-order valence-corrected chi connectivity index (χ1v) is 30.8. The Bertz CT molecular complexity index is 3110. The number of hydrogen-bond acceptors (Lipinski definition) is 20. The summed E-state index contributed by atoms with van der Waals surface area (Å²) in [5.41, 5.74) is 14.1. The molecule has 2 aliphatic heterocycles.